The highest BCUT2D eigenvalue weighted by atomic mass is 14.6. The Morgan fingerprint density at radius 2 is 2.07 bits per heavy atom. The zero-order valence-corrected chi connectivity index (χ0v) is 9.79. The van der Waals surface area contributed by atoms with Gasteiger partial charge in [-0.15, -0.1) is 6.58 Å². The van der Waals surface area contributed by atoms with Crippen LogP contribution in [-0.2, 0) is 0 Å². The molecule has 0 aromatic heterocycles. The van der Waals surface area contributed by atoms with Gasteiger partial charge in [0.25, 0.3) is 0 Å². The molecule has 0 saturated carbocycles. The van der Waals surface area contributed by atoms with E-state index < -0.39 is 0 Å². The van der Waals surface area contributed by atoms with E-state index in [-0.39, 0.29) is 6.04 Å². The molecule has 0 spiro atoms. The van der Waals surface area contributed by atoms with E-state index >= 15 is 0 Å². The van der Waals surface area contributed by atoms with Crippen molar-refractivity contribution in [2.24, 2.45) is 5.73 Å². The average molecular weight is 203 g/mol. The van der Waals surface area contributed by atoms with Gasteiger partial charge >= 0.3 is 0 Å². The summed E-state index contributed by atoms with van der Waals surface area (Å²) in [4.78, 5) is 0. The number of aryl methyl sites for hydroxylation is 2. The molecular formula is C14H21N. The average Bonchev–Trinajstić information content (AvgIpc) is 2.22. The molecule has 1 aromatic rings. The number of unbranched alkanes of at least 4 members (excludes halogenated alkanes) is 1. The maximum Gasteiger partial charge on any atom is 0.0295 e. The van der Waals surface area contributed by atoms with Crippen LogP contribution in [0.25, 0.3) is 0 Å². The zero-order chi connectivity index (χ0) is 11.3. The second kappa shape index (κ2) is 5.72. The number of benzene rings is 1. The van der Waals surface area contributed by atoms with Crippen LogP contribution in [0, 0.1) is 13.8 Å². The van der Waals surface area contributed by atoms with Gasteiger partial charge < -0.3 is 5.73 Å². The maximum atomic E-state index is 6.12. The van der Waals surface area contributed by atoms with Gasteiger partial charge in [0.05, 0.1) is 0 Å². The molecule has 1 atom stereocenters. The molecule has 1 aromatic carbocycles. The fourth-order valence-electron chi connectivity index (χ4n) is 1.64. The number of allylic oxidation sites excluding steroid dienone is 1. The summed E-state index contributed by atoms with van der Waals surface area (Å²) in [7, 11) is 0. The Labute approximate surface area is 93.0 Å². The van der Waals surface area contributed by atoms with Gasteiger partial charge in [-0.2, -0.15) is 0 Å². The molecule has 0 aliphatic carbocycles. The lowest BCUT2D eigenvalue weighted by Crippen LogP contribution is -2.10. The van der Waals surface area contributed by atoms with E-state index in [0.29, 0.717) is 0 Å². The summed E-state index contributed by atoms with van der Waals surface area (Å²) >= 11 is 0. The standard InChI is InChI=1S/C14H21N/c1-4-5-6-7-14(15)13-9-8-11(2)12(3)10-13/h4,8-10,14H,1,5-7,15H2,2-3H3. The van der Waals surface area contributed by atoms with Crippen molar-refractivity contribution in [1.29, 1.82) is 0 Å². The van der Waals surface area contributed by atoms with E-state index in [4.69, 9.17) is 5.73 Å². The summed E-state index contributed by atoms with van der Waals surface area (Å²) in [5, 5.41) is 0. The fraction of sp³-hybridized carbons (Fsp3) is 0.429. The van der Waals surface area contributed by atoms with Crippen LogP contribution < -0.4 is 5.73 Å². The Hall–Kier alpha value is -1.08. The third kappa shape index (κ3) is 3.52. The first-order valence-electron chi connectivity index (χ1n) is 5.58. The maximum absolute atomic E-state index is 6.12. The number of hydrogen-bond donors (Lipinski definition) is 1. The molecule has 1 unspecified atom stereocenters. The zero-order valence-electron chi connectivity index (χ0n) is 9.79. The Bertz CT molecular complexity index is 328. The molecule has 0 amide bonds. The summed E-state index contributed by atoms with van der Waals surface area (Å²) in [6, 6.07) is 6.66. The monoisotopic (exact) mass is 203 g/mol. The minimum atomic E-state index is 0.171. The van der Waals surface area contributed by atoms with E-state index in [1.807, 2.05) is 6.08 Å². The lowest BCUT2D eigenvalue weighted by Gasteiger charge is -2.13. The second-order valence-electron chi connectivity index (χ2n) is 4.17. The predicted molar refractivity (Wildman–Crippen MR) is 66.9 cm³/mol. The van der Waals surface area contributed by atoms with Crippen LogP contribution in [0.4, 0.5) is 0 Å². The molecule has 0 bridgehead atoms. The molecular weight excluding hydrogens is 182 g/mol. The third-order valence-corrected chi connectivity index (χ3v) is 2.88. The van der Waals surface area contributed by atoms with Crippen LogP contribution in [0.5, 0.6) is 0 Å². The Morgan fingerprint density at radius 1 is 1.33 bits per heavy atom. The summed E-state index contributed by atoms with van der Waals surface area (Å²) < 4.78 is 0. The van der Waals surface area contributed by atoms with Gasteiger partial charge in [-0.3, -0.25) is 0 Å². The van der Waals surface area contributed by atoms with Gasteiger partial charge in [-0.05, 0) is 49.8 Å². The minimum absolute atomic E-state index is 0.171. The second-order valence-corrected chi connectivity index (χ2v) is 4.17. The molecule has 0 aliphatic heterocycles. The molecule has 0 fully saturated rings. The van der Waals surface area contributed by atoms with Crippen molar-refractivity contribution in [3.8, 4) is 0 Å². The van der Waals surface area contributed by atoms with Gasteiger partial charge in [-0.25, -0.2) is 0 Å². The first-order valence-corrected chi connectivity index (χ1v) is 5.58. The van der Waals surface area contributed by atoms with Crippen LogP contribution in [0.1, 0.15) is 42.0 Å². The predicted octanol–water partition coefficient (Wildman–Crippen LogP) is 3.66. The van der Waals surface area contributed by atoms with Gasteiger partial charge in [-0.1, -0.05) is 24.3 Å². The normalized spacial score (nSPS) is 12.5. The lowest BCUT2D eigenvalue weighted by atomic mass is 9.98. The van der Waals surface area contributed by atoms with Crippen molar-refractivity contribution < 1.29 is 0 Å². The fourth-order valence-corrected chi connectivity index (χ4v) is 1.64. The minimum Gasteiger partial charge on any atom is -0.324 e. The van der Waals surface area contributed by atoms with Crippen molar-refractivity contribution in [3.05, 3.63) is 47.5 Å². The van der Waals surface area contributed by atoms with Crippen molar-refractivity contribution in [3.63, 3.8) is 0 Å². The molecule has 0 heterocycles. The molecule has 0 aliphatic rings. The first-order chi connectivity index (χ1) is 7.15. The Kier molecular flexibility index (Phi) is 4.57. The van der Waals surface area contributed by atoms with E-state index in [1.54, 1.807) is 0 Å². The van der Waals surface area contributed by atoms with E-state index in [9.17, 15) is 0 Å². The Morgan fingerprint density at radius 3 is 2.67 bits per heavy atom. The highest BCUT2D eigenvalue weighted by Crippen LogP contribution is 2.19. The van der Waals surface area contributed by atoms with Crippen LogP contribution in [-0.4, -0.2) is 0 Å². The topological polar surface area (TPSA) is 26.0 Å². The Balaban J connectivity index is 2.61. The van der Waals surface area contributed by atoms with Gasteiger partial charge in [0, 0.05) is 6.04 Å². The third-order valence-electron chi connectivity index (χ3n) is 2.88. The van der Waals surface area contributed by atoms with Crippen molar-refractivity contribution >= 4 is 0 Å². The van der Waals surface area contributed by atoms with E-state index in [1.165, 1.54) is 16.7 Å². The molecule has 1 heteroatoms. The molecule has 82 valence electrons. The summed E-state index contributed by atoms with van der Waals surface area (Å²) in [5.41, 5.74) is 10.0. The van der Waals surface area contributed by atoms with E-state index in [2.05, 4.69) is 38.6 Å². The van der Waals surface area contributed by atoms with Crippen LogP contribution >= 0.6 is 0 Å². The van der Waals surface area contributed by atoms with E-state index in [0.717, 1.165) is 19.3 Å². The van der Waals surface area contributed by atoms with Crippen molar-refractivity contribution in [2.45, 2.75) is 39.2 Å². The molecule has 0 saturated heterocycles. The molecule has 15 heavy (non-hydrogen) atoms. The SMILES string of the molecule is C=CCCCC(N)c1ccc(C)c(C)c1. The van der Waals surface area contributed by atoms with Crippen molar-refractivity contribution in [1.82, 2.24) is 0 Å². The largest absolute Gasteiger partial charge is 0.324 e. The van der Waals surface area contributed by atoms with Crippen LogP contribution in [0.2, 0.25) is 0 Å². The smallest absolute Gasteiger partial charge is 0.0295 e. The van der Waals surface area contributed by atoms with Crippen molar-refractivity contribution in [2.75, 3.05) is 0 Å². The van der Waals surface area contributed by atoms with Gasteiger partial charge in [0.15, 0.2) is 0 Å². The molecule has 1 rings (SSSR count). The highest BCUT2D eigenvalue weighted by Gasteiger charge is 2.05. The lowest BCUT2D eigenvalue weighted by molar-refractivity contribution is 0.617. The summed E-state index contributed by atoms with van der Waals surface area (Å²) in [5.74, 6) is 0. The quantitative estimate of drug-likeness (QED) is 0.573. The summed E-state index contributed by atoms with van der Waals surface area (Å²) in [6.07, 6.45) is 5.16. The van der Waals surface area contributed by atoms with Crippen LogP contribution in [0.3, 0.4) is 0 Å². The molecule has 0 radical (unpaired) electrons. The number of rotatable bonds is 5. The first kappa shape index (κ1) is 12.0. The van der Waals surface area contributed by atoms with Gasteiger partial charge in [0.1, 0.15) is 0 Å². The number of nitrogens with two attached hydrogens (primary N) is 1. The van der Waals surface area contributed by atoms with Crippen LogP contribution in [0.15, 0.2) is 30.9 Å². The molecule has 1 nitrogen and oxygen atoms in total. The highest BCUT2D eigenvalue weighted by molar-refractivity contribution is 5.31. The summed E-state index contributed by atoms with van der Waals surface area (Å²) in [6.45, 7) is 7.98. The number of hydrogen-bond acceptors (Lipinski definition) is 1. The molecule has 2 N–H and O–H groups in total. The van der Waals surface area contributed by atoms with Gasteiger partial charge in [0.2, 0.25) is 0 Å².